The van der Waals surface area contributed by atoms with Crippen LogP contribution in [0.15, 0.2) is 48.5 Å². The molecule has 0 spiro atoms. The minimum absolute atomic E-state index is 0.134. The van der Waals surface area contributed by atoms with Crippen molar-refractivity contribution >= 4 is 34.3 Å². The van der Waals surface area contributed by atoms with Crippen LogP contribution < -0.4 is 18.9 Å². The molecule has 7 heteroatoms. The maximum absolute atomic E-state index is 13.0. The van der Waals surface area contributed by atoms with Gasteiger partial charge in [0.15, 0.2) is 11.5 Å². The first-order valence-corrected chi connectivity index (χ1v) is 10.6. The first-order chi connectivity index (χ1) is 15.4. The van der Waals surface area contributed by atoms with Crippen LogP contribution in [0.2, 0.25) is 5.02 Å². The van der Waals surface area contributed by atoms with Crippen molar-refractivity contribution in [1.29, 1.82) is 0 Å². The average molecular weight is 457 g/mol. The Kier molecular flexibility index (Phi) is 7.59. The fraction of sp³-hybridized carbons (Fsp3) is 0.280. The normalized spacial score (nSPS) is 11.7. The Bertz CT molecular complexity index is 1130. The number of carbonyl (C=O) groups excluding carboxylic acids is 2. The minimum Gasteiger partial charge on any atom is -0.490 e. The Hall–Kier alpha value is -3.25. The SMILES string of the molecule is CCCC(=O)Oc1c(OC)c(OC)c(OC(=O)C(C)c2ccccc2)c2cc(Cl)ccc12. The highest BCUT2D eigenvalue weighted by atomic mass is 35.5. The van der Waals surface area contributed by atoms with Crippen molar-refractivity contribution in [2.45, 2.75) is 32.6 Å². The van der Waals surface area contributed by atoms with Crippen LogP contribution in [0, 0.1) is 0 Å². The molecule has 168 valence electrons. The lowest BCUT2D eigenvalue weighted by atomic mass is 10.0. The molecule has 3 aromatic rings. The van der Waals surface area contributed by atoms with Crippen molar-refractivity contribution < 1.29 is 28.5 Å². The zero-order valence-corrected chi connectivity index (χ0v) is 19.2. The van der Waals surface area contributed by atoms with E-state index in [0.29, 0.717) is 22.2 Å². The molecule has 0 fully saturated rings. The predicted octanol–water partition coefficient (Wildman–Crippen LogP) is 5.93. The van der Waals surface area contributed by atoms with Crippen molar-refractivity contribution in [3.8, 4) is 23.0 Å². The molecule has 0 radical (unpaired) electrons. The summed E-state index contributed by atoms with van der Waals surface area (Å²) in [6.07, 6.45) is 0.876. The van der Waals surface area contributed by atoms with E-state index in [1.165, 1.54) is 14.2 Å². The molecule has 1 unspecified atom stereocenters. The molecule has 0 N–H and O–H groups in total. The van der Waals surface area contributed by atoms with Gasteiger partial charge in [0, 0.05) is 22.2 Å². The molecule has 3 rings (SSSR count). The third-order valence-corrected chi connectivity index (χ3v) is 5.26. The molecule has 3 aromatic carbocycles. The van der Waals surface area contributed by atoms with Crippen LogP contribution in [0.4, 0.5) is 0 Å². The summed E-state index contributed by atoms with van der Waals surface area (Å²) in [6.45, 7) is 3.64. The van der Waals surface area contributed by atoms with Gasteiger partial charge in [-0.05, 0) is 37.1 Å². The Morgan fingerprint density at radius 1 is 0.875 bits per heavy atom. The predicted molar refractivity (Wildman–Crippen MR) is 123 cm³/mol. The van der Waals surface area contributed by atoms with Gasteiger partial charge in [-0.1, -0.05) is 48.9 Å². The minimum atomic E-state index is -0.525. The maximum atomic E-state index is 13.0. The number of benzene rings is 3. The summed E-state index contributed by atoms with van der Waals surface area (Å²) in [7, 11) is 2.85. The maximum Gasteiger partial charge on any atom is 0.318 e. The Labute approximate surface area is 192 Å². The zero-order chi connectivity index (χ0) is 23.3. The van der Waals surface area contributed by atoms with E-state index in [1.807, 2.05) is 37.3 Å². The topological polar surface area (TPSA) is 71.1 Å². The molecule has 0 saturated heterocycles. The molecule has 0 amide bonds. The summed E-state index contributed by atoms with van der Waals surface area (Å²) < 4.78 is 22.5. The van der Waals surface area contributed by atoms with Gasteiger partial charge < -0.3 is 18.9 Å². The summed E-state index contributed by atoms with van der Waals surface area (Å²) in [4.78, 5) is 25.3. The van der Waals surface area contributed by atoms with Crippen LogP contribution >= 0.6 is 11.6 Å². The summed E-state index contributed by atoms with van der Waals surface area (Å²) in [5.74, 6) is -0.796. The van der Waals surface area contributed by atoms with Gasteiger partial charge in [0.2, 0.25) is 11.5 Å². The standard InChI is InChI=1S/C25H25ClO6/c1-5-9-20(27)31-21-18-13-12-17(26)14-19(18)22(24(30-4)23(21)29-3)32-25(28)15(2)16-10-7-6-8-11-16/h6-8,10-15H,5,9H2,1-4H3. The van der Waals surface area contributed by atoms with Gasteiger partial charge in [-0.2, -0.15) is 0 Å². The van der Waals surface area contributed by atoms with Gasteiger partial charge in [0.05, 0.1) is 20.1 Å². The van der Waals surface area contributed by atoms with E-state index < -0.39 is 17.9 Å². The molecule has 0 aliphatic heterocycles. The second-order valence-electron chi connectivity index (χ2n) is 7.19. The number of ether oxygens (including phenoxy) is 4. The van der Waals surface area contributed by atoms with E-state index >= 15 is 0 Å². The molecular weight excluding hydrogens is 432 g/mol. The lowest BCUT2D eigenvalue weighted by Gasteiger charge is -2.20. The Morgan fingerprint density at radius 2 is 1.50 bits per heavy atom. The average Bonchev–Trinajstić information content (AvgIpc) is 2.80. The highest BCUT2D eigenvalue weighted by Crippen LogP contribution is 2.52. The number of methoxy groups -OCH3 is 2. The molecule has 0 bridgehead atoms. The van der Waals surface area contributed by atoms with Gasteiger partial charge >= 0.3 is 11.9 Å². The van der Waals surface area contributed by atoms with Crippen LogP contribution in [0.5, 0.6) is 23.0 Å². The number of carbonyl (C=O) groups is 2. The smallest absolute Gasteiger partial charge is 0.318 e. The highest BCUT2D eigenvalue weighted by Gasteiger charge is 2.28. The largest absolute Gasteiger partial charge is 0.490 e. The third kappa shape index (κ3) is 4.81. The van der Waals surface area contributed by atoms with E-state index in [0.717, 1.165) is 5.56 Å². The van der Waals surface area contributed by atoms with E-state index in [-0.39, 0.29) is 29.4 Å². The number of halogens is 1. The first-order valence-electron chi connectivity index (χ1n) is 10.3. The molecular formula is C25H25ClO6. The summed E-state index contributed by atoms with van der Waals surface area (Å²) in [6, 6.07) is 14.3. The molecule has 0 heterocycles. The van der Waals surface area contributed by atoms with Gasteiger partial charge in [-0.3, -0.25) is 9.59 Å². The van der Waals surface area contributed by atoms with Gasteiger partial charge in [-0.25, -0.2) is 0 Å². The quantitative estimate of drug-likeness (QED) is 0.309. The number of esters is 2. The van der Waals surface area contributed by atoms with Crippen LogP contribution in [-0.4, -0.2) is 26.2 Å². The number of fused-ring (bicyclic) bond motifs is 1. The summed E-state index contributed by atoms with van der Waals surface area (Å²) >= 11 is 6.24. The van der Waals surface area contributed by atoms with Crippen LogP contribution in [0.1, 0.15) is 38.2 Å². The molecule has 1 atom stereocenters. The Balaban J connectivity index is 2.16. The second kappa shape index (κ2) is 10.4. The molecule has 6 nitrogen and oxygen atoms in total. The second-order valence-corrected chi connectivity index (χ2v) is 7.63. The van der Waals surface area contributed by atoms with Crippen LogP contribution in [0.25, 0.3) is 10.8 Å². The zero-order valence-electron chi connectivity index (χ0n) is 18.4. The van der Waals surface area contributed by atoms with E-state index in [9.17, 15) is 9.59 Å². The third-order valence-electron chi connectivity index (χ3n) is 5.02. The van der Waals surface area contributed by atoms with Crippen molar-refractivity contribution in [3.05, 3.63) is 59.1 Å². The van der Waals surface area contributed by atoms with Crippen LogP contribution in [0.3, 0.4) is 0 Å². The van der Waals surface area contributed by atoms with E-state index in [2.05, 4.69) is 0 Å². The number of hydrogen-bond donors (Lipinski definition) is 0. The fourth-order valence-corrected chi connectivity index (χ4v) is 3.53. The van der Waals surface area contributed by atoms with E-state index in [1.54, 1.807) is 25.1 Å². The van der Waals surface area contributed by atoms with Gasteiger partial charge in [0.25, 0.3) is 0 Å². The summed E-state index contributed by atoms with van der Waals surface area (Å²) in [5, 5.41) is 1.39. The Morgan fingerprint density at radius 3 is 2.09 bits per heavy atom. The molecule has 0 aliphatic carbocycles. The molecule has 0 saturated carbocycles. The first kappa shape index (κ1) is 23.4. The molecule has 32 heavy (non-hydrogen) atoms. The lowest BCUT2D eigenvalue weighted by Crippen LogP contribution is -2.17. The van der Waals surface area contributed by atoms with Crippen molar-refractivity contribution in [2.75, 3.05) is 14.2 Å². The van der Waals surface area contributed by atoms with Crippen LogP contribution in [-0.2, 0) is 9.59 Å². The van der Waals surface area contributed by atoms with Gasteiger partial charge in [0.1, 0.15) is 0 Å². The van der Waals surface area contributed by atoms with Crippen molar-refractivity contribution in [2.24, 2.45) is 0 Å². The monoisotopic (exact) mass is 456 g/mol. The fourth-order valence-electron chi connectivity index (χ4n) is 3.36. The van der Waals surface area contributed by atoms with Crippen molar-refractivity contribution in [1.82, 2.24) is 0 Å². The lowest BCUT2D eigenvalue weighted by molar-refractivity contribution is -0.136. The van der Waals surface area contributed by atoms with Gasteiger partial charge in [-0.15, -0.1) is 0 Å². The molecule has 0 aliphatic rings. The number of rotatable bonds is 8. The number of hydrogen-bond acceptors (Lipinski definition) is 6. The highest BCUT2D eigenvalue weighted by molar-refractivity contribution is 6.31. The summed E-state index contributed by atoms with van der Waals surface area (Å²) in [5.41, 5.74) is 0.816. The van der Waals surface area contributed by atoms with E-state index in [4.69, 9.17) is 30.5 Å². The van der Waals surface area contributed by atoms with Crippen molar-refractivity contribution in [3.63, 3.8) is 0 Å². The molecule has 0 aromatic heterocycles.